The van der Waals surface area contributed by atoms with Crippen molar-refractivity contribution in [2.45, 2.75) is 25.8 Å². The molecule has 3 atom stereocenters. The van der Waals surface area contributed by atoms with Crippen molar-refractivity contribution in [3.63, 3.8) is 0 Å². The van der Waals surface area contributed by atoms with Gasteiger partial charge in [0.05, 0.1) is 19.1 Å². The molecule has 2 heterocycles. The molecule has 1 saturated heterocycles. The number of nitrogens with one attached hydrogen (secondary N) is 2. The highest BCUT2D eigenvalue weighted by molar-refractivity contribution is 7.10. The Morgan fingerprint density at radius 1 is 1.30 bits per heavy atom. The first kappa shape index (κ1) is 16.2. The second-order valence-electron chi connectivity index (χ2n) is 6.55. The van der Waals surface area contributed by atoms with Gasteiger partial charge in [-0.25, -0.2) is 0 Å². The van der Waals surface area contributed by atoms with Gasteiger partial charge >= 0.3 is 0 Å². The summed E-state index contributed by atoms with van der Waals surface area (Å²) in [6.45, 7) is 5.10. The van der Waals surface area contributed by atoms with Crippen LogP contribution in [0.2, 0.25) is 0 Å². The fourth-order valence-electron chi connectivity index (χ4n) is 3.42. The molecule has 2 N–H and O–H groups in total. The molecule has 3 nitrogen and oxygen atoms in total. The number of carbonyl (C=O) groups excluding carboxylic acids is 1. The van der Waals surface area contributed by atoms with Crippen LogP contribution in [0.1, 0.15) is 36.2 Å². The monoisotopic (exact) mass is 329 g/mol. The van der Waals surface area contributed by atoms with Crippen LogP contribution >= 0.6 is 11.3 Å². The molecule has 23 heavy (non-hydrogen) atoms. The molecule has 1 aliphatic heterocycles. The molecule has 4 heteroatoms. The highest BCUT2D eigenvalue weighted by atomic mass is 32.1. The molecule has 0 aliphatic carbocycles. The third-order valence-electron chi connectivity index (χ3n) is 4.54. The van der Waals surface area contributed by atoms with Crippen LogP contribution < -0.4 is 10.2 Å². The molecule has 0 spiro atoms. The molecule has 3 rings (SSSR count). The summed E-state index contributed by atoms with van der Waals surface area (Å²) >= 11 is 1.69. The van der Waals surface area contributed by atoms with Gasteiger partial charge in [0.25, 0.3) is 5.91 Å². The zero-order chi connectivity index (χ0) is 16.1. The number of benzene rings is 1. The fraction of sp³-hybridized carbons (Fsp3) is 0.421. The van der Waals surface area contributed by atoms with Crippen LogP contribution in [0.4, 0.5) is 0 Å². The number of amides is 1. The normalized spacial score (nSPS) is 22.5. The Bertz CT molecular complexity index is 612. The smallest absolute Gasteiger partial charge is 0.275 e. The van der Waals surface area contributed by atoms with E-state index in [2.05, 4.69) is 35.8 Å². The Kier molecular flexibility index (Phi) is 5.47. The van der Waals surface area contributed by atoms with Crippen LogP contribution in [0.15, 0.2) is 47.8 Å². The Balaban J connectivity index is 1.68. The van der Waals surface area contributed by atoms with E-state index in [0.717, 1.165) is 24.6 Å². The largest absolute Gasteiger partial charge is 0.339 e. The lowest BCUT2D eigenvalue weighted by Crippen LogP contribution is -3.14. The molecule has 122 valence electrons. The maximum Gasteiger partial charge on any atom is 0.275 e. The van der Waals surface area contributed by atoms with Crippen molar-refractivity contribution < 1.29 is 9.69 Å². The predicted octanol–water partition coefficient (Wildman–Crippen LogP) is 2.27. The third kappa shape index (κ3) is 4.43. The number of carbonyl (C=O) groups is 1. The standard InChI is InChI=1S/C19H24N2OS/c1-15-7-5-11-21(13-15)14-18(22)20-19(17-10-6-12-23-17)16-8-3-2-4-9-16/h2-4,6,8-10,12,15,19H,5,7,11,13-14H2,1H3,(H,20,22)/p+1/t15-,19-/m0/s1. The summed E-state index contributed by atoms with van der Waals surface area (Å²) in [5, 5.41) is 5.31. The maximum absolute atomic E-state index is 12.6. The average Bonchev–Trinajstić information content (AvgIpc) is 3.07. The first-order valence-electron chi connectivity index (χ1n) is 8.43. The number of thiophene rings is 1. The second kappa shape index (κ2) is 7.75. The van der Waals surface area contributed by atoms with Crippen LogP contribution in [-0.4, -0.2) is 25.5 Å². The Morgan fingerprint density at radius 2 is 2.13 bits per heavy atom. The summed E-state index contributed by atoms with van der Waals surface area (Å²) in [6.07, 6.45) is 2.53. The van der Waals surface area contributed by atoms with Crippen molar-refractivity contribution in [2.75, 3.05) is 19.6 Å². The van der Waals surface area contributed by atoms with Crippen LogP contribution in [0.5, 0.6) is 0 Å². The topological polar surface area (TPSA) is 33.5 Å². The summed E-state index contributed by atoms with van der Waals surface area (Å²) in [5.41, 5.74) is 1.14. The summed E-state index contributed by atoms with van der Waals surface area (Å²) in [4.78, 5) is 15.2. The third-order valence-corrected chi connectivity index (χ3v) is 5.48. The number of rotatable bonds is 5. The van der Waals surface area contributed by atoms with Crippen LogP contribution in [-0.2, 0) is 4.79 Å². The minimum atomic E-state index is -0.0367. The molecule has 1 aromatic heterocycles. The molecule has 0 saturated carbocycles. The van der Waals surface area contributed by atoms with Gasteiger partial charge in [0.1, 0.15) is 0 Å². The van der Waals surface area contributed by atoms with E-state index in [1.165, 1.54) is 22.6 Å². The van der Waals surface area contributed by atoms with Crippen molar-refractivity contribution in [1.82, 2.24) is 5.32 Å². The summed E-state index contributed by atoms with van der Waals surface area (Å²) in [6, 6.07) is 14.3. The van der Waals surface area contributed by atoms with Crippen molar-refractivity contribution in [3.05, 3.63) is 58.3 Å². The van der Waals surface area contributed by atoms with E-state index in [0.29, 0.717) is 6.54 Å². The molecule has 0 radical (unpaired) electrons. The summed E-state index contributed by atoms with van der Waals surface area (Å²) < 4.78 is 0. The van der Waals surface area contributed by atoms with Gasteiger partial charge in [-0.05, 0) is 29.9 Å². The average molecular weight is 329 g/mol. The molecule has 0 bridgehead atoms. The number of piperidine rings is 1. The molecular weight excluding hydrogens is 304 g/mol. The molecule has 1 aliphatic rings. The fourth-order valence-corrected chi connectivity index (χ4v) is 4.22. The highest BCUT2D eigenvalue weighted by Crippen LogP contribution is 2.25. The van der Waals surface area contributed by atoms with E-state index in [1.807, 2.05) is 24.3 Å². The van der Waals surface area contributed by atoms with E-state index in [9.17, 15) is 4.79 Å². The van der Waals surface area contributed by atoms with Crippen molar-refractivity contribution >= 4 is 17.2 Å². The van der Waals surface area contributed by atoms with Crippen LogP contribution in [0.25, 0.3) is 0 Å². The Morgan fingerprint density at radius 3 is 2.83 bits per heavy atom. The lowest BCUT2D eigenvalue weighted by atomic mass is 10.0. The van der Waals surface area contributed by atoms with Crippen LogP contribution in [0.3, 0.4) is 0 Å². The Hall–Kier alpha value is -1.65. The molecular formula is C19H25N2OS+. The SMILES string of the molecule is C[C@H]1CCC[NH+](CC(=O)N[C@@H](c2ccccc2)c2cccs2)C1. The first-order chi connectivity index (χ1) is 11.2. The van der Waals surface area contributed by atoms with E-state index in [1.54, 1.807) is 11.3 Å². The molecule has 1 fully saturated rings. The van der Waals surface area contributed by atoms with Gasteiger partial charge < -0.3 is 10.2 Å². The molecule has 2 aromatic rings. The lowest BCUT2D eigenvalue weighted by molar-refractivity contribution is -0.900. The number of hydrogen-bond donors (Lipinski definition) is 2. The number of likely N-dealkylation sites (tertiary alicyclic amines) is 1. The van der Waals surface area contributed by atoms with E-state index < -0.39 is 0 Å². The lowest BCUT2D eigenvalue weighted by Gasteiger charge is -2.28. The molecule has 1 aromatic carbocycles. The van der Waals surface area contributed by atoms with Gasteiger partial charge in [-0.2, -0.15) is 0 Å². The minimum absolute atomic E-state index is 0.0367. The molecule has 1 unspecified atom stereocenters. The van der Waals surface area contributed by atoms with Gasteiger partial charge in [0.15, 0.2) is 6.54 Å². The maximum atomic E-state index is 12.6. The van der Waals surface area contributed by atoms with Gasteiger partial charge in [0, 0.05) is 10.8 Å². The quantitative estimate of drug-likeness (QED) is 0.867. The van der Waals surface area contributed by atoms with E-state index in [4.69, 9.17) is 0 Å². The number of hydrogen-bond acceptors (Lipinski definition) is 2. The van der Waals surface area contributed by atoms with Gasteiger partial charge in [-0.3, -0.25) is 4.79 Å². The van der Waals surface area contributed by atoms with Gasteiger partial charge in [-0.15, -0.1) is 11.3 Å². The number of quaternary nitrogens is 1. The zero-order valence-electron chi connectivity index (χ0n) is 13.6. The first-order valence-corrected chi connectivity index (χ1v) is 9.31. The summed E-state index contributed by atoms with van der Waals surface area (Å²) in [7, 11) is 0. The highest BCUT2D eigenvalue weighted by Gasteiger charge is 2.24. The molecule has 1 amide bonds. The summed E-state index contributed by atoms with van der Waals surface area (Å²) in [5.74, 6) is 0.880. The minimum Gasteiger partial charge on any atom is -0.339 e. The van der Waals surface area contributed by atoms with Gasteiger partial charge in [0.2, 0.25) is 0 Å². The van der Waals surface area contributed by atoms with Gasteiger partial charge in [-0.1, -0.05) is 43.3 Å². The predicted molar refractivity (Wildman–Crippen MR) is 94.7 cm³/mol. The van der Waals surface area contributed by atoms with Crippen molar-refractivity contribution in [1.29, 1.82) is 0 Å². The van der Waals surface area contributed by atoms with E-state index in [-0.39, 0.29) is 11.9 Å². The zero-order valence-corrected chi connectivity index (χ0v) is 14.4. The second-order valence-corrected chi connectivity index (χ2v) is 7.53. The van der Waals surface area contributed by atoms with Crippen LogP contribution in [0, 0.1) is 5.92 Å². The van der Waals surface area contributed by atoms with Crippen molar-refractivity contribution in [2.24, 2.45) is 5.92 Å². The van der Waals surface area contributed by atoms with Crippen molar-refractivity contribution in [3.8, 4) is 0 Å². The Labute approximate surface area is 142 Å². The van der Waals surface area contributed by atoms with E-state index >= 15 is 0 Å².